The van der Waals surface area contributed by atoms with E-state index in [1.807, 2.05) is 30.3 Å². The molecule has 1 aromatic rings. The number of rotatable bonds is 12. The Morgan fingerprint density at radius 3 is 1.89 bits per heavy atom. The van der Waals surface area contributed by atoms with Crippen molar-refractivity contribution in [2.24, 2.45) is 5.16 Å². The van der Waals surface area contributed by atoms with Gasteiger partial charge in [-0.25, -0.2) is 0 Å². The molecule has 160 valence electrons. The van der Waals surface area contributed by atoms with E-state index in [4.69, 9.17) is 18.1 Å². The SMILES string of the molecule is C[Si](C)(C)OCC(O[Si](C)(C)C)C(/C=N\OCc1ccccc1)O[Si](C)(C)C. The Labute approximate surface area is 174 Å². The lowest BCUT2D eigenvalue weighted by Crippen LogP contribution is -2.48. The summed E-state index contributed by atoms with van der Waals surface area (Å²) in [5.41, 5.74) is 1.08. The largest absolute Gasteiger partial charge is 0.415 e. The molecule has 2 atom stereocenters. The van der Waals surface area contributed by atoms with Crippen LogP contribution in [-0.4, -0.2) is 50.0 Å². The van der Waals surface area contributed by atoms with Gasteiger partial charge < -0.3 is 18.1 Å². The van der Waals surface area contributed by atoms with Crippen molar-refractivity contribution in [2.45, 2.75) is 77.7 Å². The van der Waals surface area contributed by atoms with Gasteiger partial charge in [0.1, 0.15) is 12.7 Å². The summed E-state index contributed by atoms with van der Waals surface area (Å²) in [7, 11) is -5.27. The van der Waals surface area contributed by atoms with Gasteiger partial charge in [-0.1, -0.05) is 35.5 Å². The summed E-state index contributed by atoms with van der Waals surface area (Å²) in [6, 6.07) is 10.0. The van der Waals surface area contributed by atoms with Crippen molar-refractivity contribution in [2.75, 3.05) is 6.61 Å². The molecule has 1 rings (SSSR count). The van der Waals surface area contributed by atoms with Crippen LogP contribution in [0.4, 0.5) is 0 Å². The van der Waals surface area contributed by atoms with E-state index in [1.54, 1.807) is 6.21 Å². The highest BCUT2D eigenvalue weighted by molar-refractivity contribution is 6.70. The zero-order valence-electron chi connectivity index (χ0n) is 19.1. The normalized spacial score (nSPS) is 15.6. The maximum Gasteiger partial charge on any atom is 0.184 e. The molecule has 0 heterocycles. The van der Waals surface area contributed by atoms with Crippen molar-refractivity contribution in [3.05, 3.63) is 35.9 Å². The molecule has 0 aliphatic carbocycles. The number of hydrogen-bond donors (Lipinski definition) is 0. The molecule has 0 aromatic heterocycles. The maximum absolute atomic E-state index is 6.44. The van der Waals surface area contributed by atoms with Crippen molar-refractivity contribution in [1.82, 2.24) is 0 Å². The first-order chi connectivity index (χ1) is 12.8. The van der Waals surface area contributed by atoms with Gasteiger partial charge in [0.2, 0.25) is 0 Å². The van der Waals surface area contributed by atoms with Gasteiger partial charge in [0, 0.05) is 0 Å². The minimum Gasteiger partial charge on any atom is -0.415 e. The Kier molecular flexibility index (Phi) is 9.78. The van der Waals surface area contributed by atoms with Crippen LogP contribution < -0.4 is 0 Å². The first-order valence-electron chi connectivity index (χ1n) is 9.94. The smallest absolute Gasteiger partial charge is 0.184 e. The van der Waals surface area contributed by atoms with Crippen molar-refractivity contribution in [1.29, 1.82) is 0 Å². The molecule has 0 amide bonds. The minimum atomic E-state index is -1.81. The molecule has 5 nitrogen and oxygen atoms in total. The van der Waals surface area contributed by atoms with Crippen LogP contribution in [-0.2, 0) is 24.7 Å². The van der Waals surface area contributed by atoms with E-state index in [2.05, 4.69) is 64.1 Å². The Hall–Kier alpha value is -0.779. The number of benzene rings is 1. The van der Waals surface area contributed by atoms with Crippen LogP contribution in [0.15, 0.2) is 35.5 Å². The Morgan fingerprint density at radius 1 is 0.821 bits per heavy atom. The second-order valence-electron chi connectivity index (χ2n) is 9.90. The van der Waals surface area contributed by atoms with Crippen LogP contribution >= 0.6 is 0 Å². The van der Waals surface area contributed by atoms with Gasteiger partial charge in [-0.15, -0.1) is 0 Å². The topological polar surface area (TPSA) is 49.3 Å². The molecular formula is C20H39NO4Si3. The molecule has 1 aromatic carbocycles. The molecule has 0 bridgehead atoms. The van der Waals surface area contributed by atoms with Crippen molar-refractivity contribution < 1.29 is 18.1 Å². The number of oxime groups is 1. The third kappa shape index (κ3) is 12.6. The van der Waals surface area contributed by atoms with Gasteiger partial charge in [0.05, 0.1) is 18.9 Å². The Balaban J connectivity index is 2.89. The van der Waals surface area contributed by atoms with Crippen molar-refractivity contribution >= 4 is 31.2 Å². The molecule has 0 fully saturated rings. The highest BCUT2D eigenvalue weighted by atomic mass is 28.4. The van der Waals surface area contributed by atoms with E-state index in [0.29, 0.717) is 13.2 Å². The zero-order valence-corrected chi connectivity index (χ0v) is 22.1. The lowest BCUT2D eigenvalue weighted by Gasteiger charge is -2.35. The summed E-state index contributed by atoms with van der Waals surface area (Å²) in [6.07, 6.45) is 1.28. The lowest BCUT2D eigenvalue weighted by molar-refractivity contribution is 0.0430. The number of nitrogens with zero attached hydrogens (tertiary/aromatic N) is 1. The molecule has 0 aliphatic rings. The fourth-order valence-corrected chi connectivity index (χ4v) is 5.19. The molecule has 2 unspecified atom stereocenters. The summed E-state index contributed by atoms with van der Waals surface area (Å²) in [5, 5.41) is 4.21. The quantitative estimate of drug-likeness (QED) is 0.245. The molecule has 0 aliphatic heterocycles. The van der Waals surface area contributed by atoms with E-state index < -0.39 is 25.0 Å². The maximum atomic E-state index is 6.44. The van der Waals surface area contributed by atoms with Gasteiger partial charge >= 0.3 is 0 Å². The molecule has 0 N–H and O–H groups in total. The molecule has 8 heteroatoms. The predicted octanol–water partition coefficient (Wildman–Crippen LogP) is 5.48. The molecule has 0 saturated carbocycles. The average molecular weight is 442 g/mol. The van der Waals surface area contributed by atoms with Gasteiger partial charge in [0.15, 0.2) is 25.0 Å². The van der Waals surface area contributed by atoms with Crippen molar-refractivity contribution in [3.63, 3.8) is 0 Å². The number of hydrogen-bond acceptors (Lipinski definition) is 5. The van der Waals surface area contributed by atoms with Crippen LogP contribution in [0.2, 0.25) is 58.9 Å². The third-order valence-corrected chi connectivity index (χ3v) is 6.42. The summed E-state index contributed by atoms with van der Waals surface area (Å²) < 4.78 is 19.0. The average Bonchev–Trinajstić information content (AvgIpc) is 2.52. The summed E-state index contributed by atoms with van der Waals surface area (Å²) >= 11 is 0. The standard InChI is InChI=1S/C20H39NO4Si3/c1-26(2,3)23-17-20(25-28(7,8)9)19(24-27(4,5)6)15-21-22-16-18-13-11-10-12-14-18/h10-15,19-20H,16-17H2,1-9H3/b21-15-. The fraction of sp³-hybridized carbons (Fsp3) is 0.650. The highest BCUT2D eigenvalue weighted by Crippen LogP contribution is 2.18. The van der Waals surface area contributed by atoms with E-state index in [9.17, 15) is 0 Å². The van der Waals surface area contributed by atoms with Crippen LogP contribution in [0.25, 0.3) is 0 Å². The molecule has 28 heavy (non-hydrogen) atoms. The van der Waals surface area contributed by atoms with Gasteiger partial charge in [-0.2, -0.15) is 0 Å². The van der Waals surface area contributed by atoms with Gasteiger partial charge in [-0.3, -0.25) is 0 Å². The van der Waals surface area contributed by atoms with E-state index in [-0.39, 0.29) is 12.2 Å². The van der Waals surface area contributed by atoms with Crippen LogP contribution in [0.5, 0.6) is 0 Å². The lowest BCUT2D eigenvalue weighted by atomic mass is 10.2. The highest BCUT2D eigenvalue weighted by Gasteiger charge is 2.33. The minimum absolute atomic E-state index is 0.186. The molecule has 0 radical (unpaired) electrons. The summed E-state index contributed by atoms with van der Waals surface area (Å²) in [6.45, 7) is 20.6. The molecule has 0 spiro atoms. The first kappa shape index (κ1) is 25.3. The molecule has 0 saturated heterocycles. The summed E-state index contributed by atoms with van der Waals surface area (Å²) in [4.78, 5) is 5.52. The zero-order chi connectivity index (χ0) is 21.4. The summed E-state index contributed by atoms with van der Waals surface area (Å²) in [5.74, 6) is 0. The first-order valence-corrected chi connectivity index (χ1v) is 20.2. The van der Waals surface area contributed by atoms with E-state index >= 15 is 0 Å². The second kappa shape index (κ2) is 10.8. The van der Waals surface area contributed by atoms with Gasteiger partial charge in [0.25, 0.3) is 0 Å². The Bertz CT molecular complexity index is 592. The van der Waals surface area contributed by atoms with E-state index in [1.165, 1.54) is 0 Å². The van der Waals surface area contributed by atoms with E-state index in [0.717, 1.165) is 5.56 Å². The monoisotopic (exact) mass is 441 g/mol. The van der Waals surface area contributed by atoms with Crippen molar-refractivity contribution in [3.8, 4) is 0 Å². The predicted molar refractivity (Wildman–Crippen MR) is 125 cm³/mol. The van der Waals surface area contributed by atoms with Gasteiger partial charge in [-0.05, 0) is 64.5 Å². The van der Waals surface area contributed by atoms with Crippen LogP contribution in [0.1, 0.15) is 5.56 Å². The molecular weight excluding hydrogens is 402 g/mol. The van der Waals surface area contributed by atoms with Crippen LogP contribution in [0.3, 0.4) is 0 Å². The Morgan fingerprint density at radius 2 is 1.39 bits per heavy atom. The fourth-order valence-electron chi connectivity index (χ4n) is 2.38. The third-order valence-electron chi connectivity index (χ3n) is 3.40. The van der Waals surface area contributed by atoms with Crippen LogP contribution in [0, 0.1) is 0 Å². The second-order valence-corrected chi connectivity index (χ2v) is 23.3.